The minimum absolute atomic E-state index is 0.189. The molecule has 3 aromatic rings. The van der Waals surface area contributed by atoms with E-state index in [1.807, 2.05) is 0 Å². The first-order chi connectivity index (χ1) is 14.6. The normalized spacial score (nSPS) is 11.2. The number of aromatic nitrogens is 2. The lowest BCUT2D eigenvalue weighted by Gasteiger charge is -2.15. The third kappa shape index (κ3) is 4.77. The Balaban J connectivity index is 2.08. The van der Waals surface area contributed by atoms with Gasteiger partial charge in [0, 0.05) is 0 Å². The van der Waals surface area contributed by atoms with Crippen molar-refractivity contribution in [1.82, 2.24) is 9.78 Å². The number of ether oxygens (including phenoxy) is 2. The van der Waals surface area contributed by atoms with Crippen molar-refractivity contribution in [1.29, 1.82) is 0 Å². The van der Waals surface area contributed by atoms with Crippen molar-refractivity contribution in [2.75, 3.05) is 7.11 Å². The molecular formula is C20H15F3N2O6. The van der Waals surface area contributed by atoms with Gasteiger partial charge in [0.05, 0.1) is 19.2 Å². The lowest BCUT2D eigenvalue weighted by molar-refractivity contribution is -0.140. The lowest BCUT2D eigenvalue weighted by atomic mass is 10.2. The first kappa shape index (κ1) is 21.7. The van der Waals surface area contributed by atoms with Crippen LogP contribution in [0.4, 0.5) is 13.2 Å². The zero-order valence-corrected chi connectivity index (χ0v) is 15.9. The summed E-state index contributed by atoms with van der Waals surface area (Å²) in [6.45, 7) is -0.349. The summed E-state index contributed by atoms with van der Waals surface area (Å²) in [5.41, 5.74) is -3.17. The van der Waals surface area contributed by atoms with Crippen molar-refractivity contribution in [3.8, 4) is 23.1 Å². The van der Waals surface area contributed by atoms with E-state index in [1.165, 1.54) is 37.4 Å². The second kappa shape index (κ2) is 8.38. The predicted octanol–water partition coefficient (Wildman–Crippen LogP) is 3.52. The Hall–Kier alpha value is -4.02. The maximum Gasteiger partial charge on any atom is 0.425 e. The number of carbonyl (C=O) groups is 1. The van der Waals surface area contributed by atoms with E-state index in [1.54, 1.807) is 12.1 Å². The molecule has 0 aliphatic carbocycles. The Kier molecular flexibility index (Phi) is 5.86. The molecule has 0 unspecified atom stereocenters. The van der Waals surface area contributed by atoms with Crippen LogP contribution >= 0.6 is 0 Å². The van der Waals surface area contributed by atoms with Crippen molar-refractivity contribution in [2.45, 2.75) is 12.7 Å². The van der Waals surface area contributed by atoms with E-state index in [-0.39, 0.29) is 17.9 Å². The molecule has 0 amide bonds. The van der Waals surface area contributed by atoms with E-state index in [4.69, 9.17) is 14.6 Å². The fraction of sp³-hybridized carbons (Fsp3) is 0.150. The summed E-state index contributed by atoms with van der Waals surface area (Å²) in [7, 11) is 1.44. The highest BCUT2D eigenvalue weighted by atomic mass is 19.4. The molecule has 162 valence electrons. The fourth-order valence-corrected chi connectivity index (χ4v) is 2.68. The van der Waals surface area contributed by atoms with Gasteiger partial charge in [0.1, 0.15) is 11.5 Å². The molecule has 0 radical (unpaired) electrons. The molecule has 1 aromatic heterocycles. The van der Waals surface area contributed by atoms with Crippen LogP contribution in [-0.2, 0) is 12.7 Å². The van der Waals surface area contributed by atoms with Crippen molar-refractivity contribution in [2.24, 2.45) is 0 Å². The Morgan fingerprint density at radius 2 is 1.81 bits per heavy atom. The fourth-order valence-electron chi connectivity index (χ4n) is 2.68. The molecule has 0 saturated carbocycles. The van der Waals surface area contributed by atoms with Gasteiger partial charge in [-0.05, 0) is 35.9 Å². The van der Waals surface area contributed by atoms with Crippen LogP contribution in [0.15, 0.2) is 53.3 Å². The first-order valence-electron chi connectivity index (χ1n) is 8.65. The van der Waals surface area contributed by atoms with Gasteiger partial charge in [-0.2, -0.15) is 13.2 Å². The van der Waals surface area contributed by atoms with Crippen LogP contribution in [-0.4, -0.2) is 33.1 Å². The highest BCUT2D eigenvalue weighted by molar-refractivity contribution is 5.88. The van der Waals surface area contributed by atoms with E-state index in [0.717, 1.165) is 6.07 Å². The number of benzene rings is 2. The summed E-state index contributed by atoms with van der Waals surface area (Å²) in [5.74, 6) is -3.37. The quantitative estimate of drug-likeness (QED) is 0.608. The molecule has 0 spiro atoms. The van der Waals surface area contributed by atoms with Crippen LogP contribution in [0.25, 0.3) is 0 Å². The molecule has 31 heavy (non-hydrogen) atoms. The van der Waals surface area contributed by atoms with Crippen molar-refractivity contribution < 1.29 is 37.7 Å². The summed E-state index contributed by atoms with van der Waals surface area (Å²) < 4.78 is 51.1. The van der Waals surface area contributed by atoms with Gasteiger partial charge in [-0.3, -0.25) is 4.79 Å². The van der Waals surface area contributed by atoms with Crippen LogP contribution in [0.3, 0.4) is 0 Å². The molecule has 11 heteroatoms. The summed E-state index contributed by atoms with van der Waals surface area (Å²) >= 11 is 0. The molecule has 0 bridgehead atoms. The molecule has 0 aliphatic heterocycles. The summed E-state index contributed by atoms with van der Waals surface area (Å²) in [5, 5.41) is 22.8. The molecule has 8 nitrogen and oxygen atoms in total. The average molecular weight is 436 g/mol. The van der Waals surface area contributed by atoms with Gasteiger partial charge in [-0.15, -0.1) is 5.10 Å². The van der Waals surface area contributed by atoms with E-state index in [0.29, 0.717) is 16.0 Å². The zero-order chi connectivity index (χ0) is 22.8. The first-order valence-corrected chi connectivity index (χ1v) is 8.65. The molecule has 2 aromatic carbocycles. The Labute approximate surface area is 172 Å². The molecule has 0 aliphatic rings. The lowest BCUT2D eigenvalue weighted by Crippen LogP contribution is -2.31. The summed E-state index contributed by atoms with van der Waals surface area (Å²) in [4.78, 5) is 23.5. The third-order valence-corrected chi connectivity index (χ3v) is 4.17. The number of methoxy groups -OCH3 is 1. The van der Waals surface area contributed by atoms with Crippen LogP contribution in [0.5, 0.6) is 23.1 Å². The Bertz CT molecular complexity index is 1170. The van der Waals surface area contributed by atoms with Gasteiger partial charge in [-0.1, -0.05) is 18.2 Å². The SMILES string of the molecule is COc1ccc(Cn2nc(Oc3cccc(C(=O)O)c3)c(O)c(C(F)(F)F)c2=O)cc1. The number of carboxylic acids is 1. The minimum atomic E-state index is -5.19. The van der Waals surface area contributed by atoms with Gasteiger partial charge in [0.25, 0.3) is 11.4 Å². The molecule has 0 saturated heterocycles. The zero-order valence-electron chi connectivity index (χ0n) is 15.9. The number of nitrogens with zero attached hydrogens (tertiary/aromatic N) is 2. The van der Waals surface area contributed by atoms with Gasteiger partial charge in [0.2, 0.25) is 0 Å². The van der Waals surface area contributed by atoms with E-state index in [9.17, 15) is 27.9 Å². The average Bonchev–Trinajstić information content (AvgIpc) is 2.71. The number of aromatic carboxylic acids is 1. The smallest absolute Gasteiger partial charge is 0.425 e. The summed E-state index contributed by atoms with van der Waals surface area (Å²) in [6, 6.07) is 11.0. The molecule has 0 fully saturated rings. The highest BCUT2D eigenvalue weighted by Gasteiger charge is 2.40. The maximum absolute atomic E-state index is 13.5. The number of rotatable bonds is 6. The van der Waals surface area contributed by atoms with Crippen molar-refractivity contribution in [3.05, 3.63) is 75.6 Å². The second-order valence-electron chi connectivity index (χ2n) is 6.27. The molecule has 0 atom stereocenters. The van der Waals surface area contributed by atoms with Crippen LogP contribution in [0, 0.1) is 0 Å². The number of carboxylic acid groups (broad SMARTS) is 1. The van der Waals surface area contributed by atoms with Crippen molar-refractivity contribution >= 4 is 5.97 Å². The maximum atomic E-state index is 13.5. The van der Waals surface area contributed by atoms with Gasteiger partial charge >= 0.3 is 12.1 Å². The number of alkyl halides is 3. The number of hydrogen-bond acceptors (Lipinski definition) is 6. The second-order valence-corrected chi connectivity index (χ2v) is 6.27. The standard InChI is InChI=1S/C20H15F3N2O6/c1-30-13-7-5-11(6-8-13)10-25-18(27)15(20(21,22)23)16(26)17(24-25)31-14-4-2-3-12(9-14)19(28)29/h2-9,26H,10H2,1H3,(H,28,29). The number of halogens is 3. The van der Waals surface area contributed by atoms with Crippen LogP contribution in [0.2, 0.25) is 0 Å². The monoisotopic (exact) mass is 436 g/mol. The van der Waals surface area contributed by atoms with Crippen molar-refractivity contribution in [3.63, 3.8) is 0 Å². The molecule has 1 heterocycles. The number of aromatic hydroxyl groups is 1. The van der Waals surface area contributed by atoms with Crippen LogP contribution < -0.4 is 15.0 Å². The molecular weight excluding hydrogens is 421 g/mol. The van der Waals surface area contributed by atoms with Gasteiger partial charge in [-0.25, -0.2) is 9.48 Å². The Morgan fingerprint density at radius 3 is 2.39 bits per heavy atom. The largest absolute Gasteiger partial charge is 0.502 e. The molecule has 3 rings (SSSR count). The van der Waals surface area contributed by atoms with Gasteiger partial charge < -0.3 is 19.7 Å². The highest BCUT2D eigenvalue weighted by Crippen LogP contribution is 2.38. The van der Waals surface area contributed by atoms with E-state index >= 15 is 0 Å². The third-order valence-electron chi connectivity index (χ3n) is 4.17. The predicted molar refractivity (Wildman–Crippen MR) is 101 cm³/mol. The van der Waals surface area contributed by atoms with Gasteiger partial charge in [0.15, 0.2) is 11.3 Å². The minimum Gasteiger partial charge on any atom is -0.502 e. The van der Waals surface area contributed by atoms with E-state index in [2.05, 4.69) is 5.10 Å². The topological polar surface area (TPSA) is 111 Å². The molecule has 2 N–H and O–H groups in total. The van der Waals surface area contributed by atoms with E-state index < -0.39 is 34.9 Å². The summed E-state index contributed by atoms with van der Waals surface area (Å²) in [6.07, 6.45) is -5.19. The van der Waals surface area contributed by atoms with Crippen LogP contribution in [0.1, 0.15) is 21.5 Å². The Morgan fingerprint density at radius 1 is 1.13 bits per heavy atom. The number of hydrogen-bond donors (Lipinski definition) is 2.